The number of carbonyl (C=O) groups is 2. The predicted molar refractivity (Wildman–Crippen MR) is 136 cm³/mol. The van der Waals surface area contributed by atoms with Crippen molar-refractivity contribution in [3.05, 3.63) is 65.2 Å². The first-order valence-electron chi connectivity index (χ1n) is 12.4. The average Bonchev–Trinajstić information content (AvgIpc) is 3.12. The molecule has 1 atom stereocenters. The van der Waals surface area contributed by atoms with E-state index in [0.29, 0.717) is 36.4 Å². The molecule has 1 fully saturated rings. The Balaban J connectivity index is 1.98. The van der Waals surface area contributed by atoms with Gasteiger partial charge >= 0.3 is 0 Å². The van der Waals surface area contributed by atoms with Gasteiger partial charge in [0.2, 0.25) is 0 Å². The summed E-state index contributed by atoms with van der Waals surface area (Å²) in [5, 5.41) is 21.0. The topological polar surface area (TPSA) is 90.3 Å². The van der Waals surface area contributed by atoms with Crippen molar-refractivity contribution in [2.45, 2.75) is 46.1 Å². The Hall–Kier alpha value is -3.32. The first-order valence-corrected chi connectivity index (χ1v) is 12.4. The van der Waals surface area contributed by atoms with Crippen molar-refractivity contribution in [1.29, 1.82) is 0 Å². The van der Waals surface area contributed by atoms with Crippen LogP contribution in [0.25, 0.3) is 5.76 Å². The first-order chi connectivity index (χ1) is 16.9. The van der Waals surface area contributed by atoms with E-state index in [1.807, 2.05) is 0 Å². The molecule has 1 aliphatic heterocycles. The van der Waals surface area contributed by atoms with Crippen LogP contribution in [0.1, 0.15) is 57.2 Å². The number of amides is 1. The molecular formula is C28H36N2O5. The van der Waals surface area contributed by atoms with Gasteiger partial charge in [0.1, 0.15) is 17.3 Å². The molecule has 0 bridgehead atoms. The lowest BCUT2D eigenvalue weighted by Crippen LogP contribution is -2.33. The molecule has 2 aromatic carbocycles. The molecule has 1 heterocycles. The maximum atomic E-state index is 13.2. The highest BCUT2D eigenvalue weighted by atomic mass is 16.5. The maximum Gasteiger partial charge on any atom is 0.295 e. The van der Waals surface area contributed by atoms with Crippen LogP contribution in [0.3, 0.4) is 0 Å². The number of nitrogens with zero attached hydrogens (tertiary/aromatic N) is 2. The second-order valence-corrected chi connectivity index (χ2v) is 8.69. The SMILES string of the molecule is CCCCOc1cccc(C(O)=C2C(=O)C(=O)N(CCCN(CC)CC)C2c2ccc(O)cc2)c1. The van der Waals surface area contributed by atoms with Crippen LogP contribution < -0.4 is 4.74 Å². The number of aromatic hydroxyl groups is 1. The molecule has 1 unspecified atom stereocenters. The summed E-state index contributed by atoms with van der Waals surface area (Å²) in [5.74, 6) is -0.879. The van der Waals surface area contributed by atoms with Crippen LogP contribution in [-0.2, 0) is 9.59 Å². The van der Waals surface area contributed by atoms with Crippen LogP contribution in [0, 0.1) is 0 Å². The molecule has 1 saturated heterocycles. The zero-order valence-corrected chi connectivity index (χ0v) is 20.9. The monoisotopic (exact) mass is 480 g/mol. The Bertz CT molecular complexity index is 1040. The first kappa shape index (κ1) is 26.3. The predicted octanol–water partition coefficient (Wildman–Crippen LogP) is 4.72. The average molecular weight is 481 g/mol. The third-order valence-electron chi connectivity index (χ3n) is 6.39. The Morgan fingerprint density at radius 1 is 1.03 bits per heavy atom. The normalized spacial score (nSPS) is 17.4. The summed E-state index contributed by atoms with van der Waals surface area (Å²) in [6, 6.07) is 12.6. The molecule has 3 rings (SSSR count). The summed E-state index contributed by atoms with van der Waals surface area (Å²) in [7, 11) is 0. The molecule has 0 aromatic heterocycles. The zero-order chi connectivity index (χ0) is 25.4. The van der Waals surface area contributed by atoms with Crippen LogP contribution in [0.15, 0.2) is 54.1 Å². The van der Waals surface area contributed by atoms with Crippen LogP contribution >= 0.6 is 0 Å². The number of Topliss-reactive ketones (excluding diaryl/α,β-unsaturated/α-hetero) is 1. The molecule has 2 aromatic rings. The van der Waals surface area contributed by atoms with E-state index in [4.69, 9.17) is 4.74 Å². The van der Waals surface area contributed by atoms with E-state index in [2.05, 4.69) is 25.7 Å². The van der Waals surface area contributed by atoms with E-state index in [9.17, 15) is 19.8 Å². The summed E-state index contributed by atoms with van der Waals surface area (Å²) in [6.45, 7) is 9.82. The number of aliphatic hydroxyl groups excluding tert-OH is 1. The summed E-state index contributed by atoms with van der Waals surface area (Å²) in [6.07, 6.45) is 2.61. The van der Waals surface area contributed by atoms with Gasteiger partial charge in [-0.25, -0.2) is 0 Å². The number of likely N-dealkylation sites (tertiary alicyclic amines) is 1. The van der Waals surface area contributed by atoms with Crippen molar-refractivity contribution in [3.8, 4) is 11.5 Å². The lowest BCUT2D eigenvalue weighted by Gasteiger charge is -2.26. The third-order valence-corrected chi connectivity index (χ3v) is 6.39. The Kier molecular flexibility index (Phi) is 9.32. The van der Waals surface area contributed by atoms with Gasteiger partial charge < -0.3 is 24.7 Å². The lowest BCUT2D eigenvalue weighted by molar-refractivity contribution is -0.140. The van der Waals surface area contributed by atoms with E-state index >= 15 is 0 Å². The minimum atomic E-state index is -0.739. The van der Waals surface area contributed by atoms with Crippen LogP contribution in [0.4, 0.5) is 0 Å². The van der Waals surface area contributed by atoms with Crippen molar-refractivity contribution in [2.75, 3.05) is 32.8 Å². The van der Waals surface area contributed by atoms with Crippen LogP contribution in [0.5, 0.6) is 11.5 Å². The number of hydrogen-bond donors (Lipinski definition) is 2. The molecule has 7 heteroatoms. The third kappa shape index (κ3) is 6.22. The zero-order valence-electron chi connectivity index (χ0n) is 20.9. The molecule has 1 aliphatic rings. The highest BCUT2D eigenvalue weighted by molar-refractivity contribution is 6.46. The number of aliphatic hydroxyl groups is 1. The quantitative estimate of drug-likeness (QED) is 0.198. The fourth-order valence-electron chi connectivity index (χ4n) is 4.34. The maximum absolute atomic E-state index is 13.2. The second kappa shape index (κ2) is 12.4. The lowest BCUT2D eigenvalue weighted by atomic mass is 9.95. The second-order valence-electron chi connectivity index (χ2n) is 8.69. The van der Waals surface area contributed by atoms with Gasteiger partial charge in [-0.2, -0.15) is 0 Å². The van der Waals surface area contributed by atoms with E-state index < -0.39 is 17.7 Å². The van der Waals surface area contributed by atoms with Gasteiger partial charge in [-0.3, -0.25) is 9.59 Å². The molecule has 0 saturated carbocycles. The molecule has 0 radical (unpaired) electrons. The van der Waals surface area contributed by atoms with Gasteiger partial charge in [-0.15, -0.1) is 0 Å². The molecule has 2 N–H and O–H groups in total. The Morgan fingerprint density at radius 3 is 2.40 bits per heavy atom. The number of benzene rings is 2. The number of phenols is 1. The van der Waals surface area contributed by atoms with Crippen LogP contribution in [0.2, 0.25) is 0 Å². The fraction of sp³-hybridized carbons (Fsp3) is 0.429. The summed E-state index contributed by atoms with van der Waals surface area (Å²) >= 11 is 0. The summed E-state index contributed by atoms with van der Waals surface area (Å²) in [5.41, 5.74) is 1.12. The number of unbranched alkanes of at least 4 members (excludes halogenated alkanes) is 1. The smallest absolute Gasteiger partial charge is 0.295 e. The number of rotatable bonds is 12. The molecule has 188 valence electrons. The summed E-state index contributed by atoms with van der Waals surface area (Å²) < 4.78 is 5.76. The molecule has 7 nitrogen and oxygen atoms in total. The van der Waals surface area contributed by atoms with Crippen LogP contribution in [-0.4, -0.2) is 64.5 Å². The number of phenolic OH excluding ortho intramolecular Hbond substituents is 1. The highest BCUT2D eigenvalue weighted by Crippen LogP contribution is 2.40. The number of ketones is 1. The van der Waals surface area contributed by atoms with Crippen molar-refractivity contribution >= 4 is 17.4 Å². The standard InChI is InChI=1S/C28H36N2O5/c1-4-7-18-35-23-11-8-10-21(19-23)26(32)24-25(20-12-14-22(31)15-13-20)30(28(34)27(24)33)17-9-16-29(5-2)6-3/h8,10-15,19,25,31-32H,4-7,9,16-18H2,1-3H3. The largest absolute Gasteiger partial charge is 0.508 e. The fourth-order valence-corrected chi connectivity index (χ4v) is 4.34. The summed E-state index contributed by atoms with van der Waals surface area (Å²) in [4.78, 5) is 30.1. The minimum Gasteiger partial charge on any atom is -0.508 e. The number of carbonyl (C=O) groups excluding carboxylic acids is 2. The van der Waals surface area contributed by atoms with E-state index in [-0.39, 0.29) is 17.1 Å². The number of ether oxygens (including phenoxy) is 1. The van der Waals surface area contributed by atoms with Gasteiger partial charge in [0.25, 0.3) is 11.7 Å². The minimum absolute atomic E-state index is 0.0502. The van der Waals surface area contributed by atoms with E-state index in [0.717, 1.165) is 32.5 Å². The van der Waals surface area contributed by atoms with Gasteiger partial charge in [0, 0.05) is 12.1 Å². The highest BCUT2D eigenvalue weighted by Gasteiger charge is 2.45. The van der Waals surface area contributed by atoms with E-state index in [1.165, 1.54) is 17.0 Å². The molecule has 0 spiro atoms. The van der Waals surface area contributed by atoms with Gasteiger partial charge in [0.15, 0.2) is 0 Å². The van der Waals surface area contributed by atoms with Crippen molar-refractivity contribution in [2.24, 2.45) is 0 Å². The molecule has 35 heavy (non-hydrogen) atoms. The van der Waals surface area contributed by atoms with Gasteiger partial charge in [0.05, 0.1) is 18.2 Å². The Labute approximate surface area is 207 Å². The van der Waals surface area contributed by atoms with Crippen molar-refractivity contribution in [3.63, 3.8) is 0 Å². The van der Waals surface area contributed by atoms with E-state index in [1.54, 1.807) is 36.4 Å². The number of hydrogen-bond acceptors (Lipinski definition) is 6. The van der Waals surface area contributed by atoms with Crippen molar-refractivity contribution in [1.82, 2.24) is 9.80 Å². The van der Waals surface area contributed by atoms with Gasteiger partial charge in [-0.1, -0.05) is 51.5 Å². The van der Waals surface area contributed by atoms with Crippen molar-refractivity contribution < 1.29 is 24.5 Å². The molecular weight excluding hydrogens is 444 g/mol. The van der Waals surface area contributed by atoms with Gasteiger partial charge in [-0.05, 0) is 62.3 Å². The molecule has 0 aliphatic carbocycles. The molecule has 1 amide bonds. The Morgan fingerprint density at radius 2 is 1.74 bits per heavy atom.